The average molecular weight is 442 g/mol. The Labute approximate surface area is 183 Å². The maximum atomic E-state index is 12.5. The molecule has 9 heteroatoms. The number of rotatable bonds is 8. The van der Waals surface area contributed by atoms with E-state index in [1.54, 1.807) is 63.4 Å². The maximum Gasteiger partial charge on any atom is 0.329 e. The van der Waals surface area contributed by atoms with Gasteiger partial charge in [-0.1, -0.05) is 43.4 Å². The van der Waals surface area contributed by atoms with Gasteiger partial charge in [-0.15, -0.1) is 0 Å². The van der Waals surface area contributed by atoms with Crippen molar-refractivity contribution in [1.29, 1.82) is 0 Å². The quantitative estimate of drug-likeness (QED) is 0.520. The van der Waals surface area contributed by atoms with E-state index in [9.17, 15) is 14.4 Å². The SMILES string of the molecule is COc1ccc2nc(NC(=O)COC(=O)[C@@H](NC(=O)c3ccccc3)C(C)C)sc2c1. The lowest BCUT2D eigenvalue weighted by molar-refractivity contribution is -0.150. The number of nitrogens with zero attached hydrogens (tertiary/aromatic N) is 1. The molecule has 0 aliphatic rings. The highest BCUT2D eigenvalue weighted by atomic mass is 32.1. The van der Waals surface area contributed by atoms with Gasteiger partial charge in [-0.3, -0.25) is 14.9 Å². The van der Waals surface area contributed by atoms with Crippen LogP contribution >= 0.6 is 11.3 Å². The summed E-state index contributed by atoms with van der Waals surface area (Å²) in [6.45, 7) is 3.09. The molecule has 0 aliphatic heterocycles. The van der Waals surface area contributed by atoms with Crippen LogP contribution in [0.5, 0.6) is 5.75 Å². The topological polar surface area (TPSA) is 107 Å². The molecule has 1 atom stereocenters. The molecule has 31 heavy (non-hydrogen) atoms. The van der Waals surface area contributed by atoms with Crippen LogP contribution in [-0.4, -0.2) is 42.5 Å². The Hall–Kier alpha value is -3.46. The van der Waals surface area contributed by atoms with Gasteiger partial charge < -0.3 is 14.8 Å². The van der Waals surface area contributed by atoms with Crippen LogP contribution in [0.15, 0.2) is 48.5 Å². The predicted octanol–water partition coefficient (Wildman–Crippen LogP) is 3.24. The van der Waals surface area contributed by atoms with Crippen molar-refractivity contribution in [1.82, 2.24) is 10.3 Å². The van der Waals surface area contributed by atoms with E-state index in [0.29, 0.717) is 16.4 Å². The Balaban J connectivity index is 1.56. The van der Waals surface area contributed by atoms with Crippen LogP contribution < -0.4 is 15.4 Å². The third kappa shape index (κ3) is 5.79. The summed E-state index contributed by atoms with van der Waals surface area (Å²) in [5.41, 5.74) is 1.16. The molecule has 0 saturated heterocycles. The highest BCUT2D eigenvalue weighted by Crippen LogP contribution is 2.29. The van der Waals surface area contributed by atoms with Gasteiger partial charge in [-0.25, -0.2) is 9.78 Å². The Bertz CT molecular complexity index is 1080. The van der Waals surface area contributed by atoms with Gasteiger partial charge in [0, 0.05) is 5.56 Å². The molecule has 0 fully saturated rings. The smallest absolute Gasteiger partial charge is 0.329 e. The van der Waals surface area contributed by atoms with E-state index in [1.165, 1.54) is 11.3 Å². The number of esters is 1. The zero-order chi connectivity index (χ0) is 22.4. The van der Waals surface area contributed by atoms with Crippen molar-refractivity contribution in [3.63, 3.8) is 0 Å². The summed E-state index contributed by atoms with van der Waals surface area (Å²) in [6, 6.07) is 13.1. The number of amides is 2. The molecule has 3 aromatic rings. The molecule has 2 amide bonds. The third-order valence-corrected chi connectivity index (χ3v) is 5.36. The number of fused-ring (bicyclic) bond motifs is 1. The lowest BCUT2D eigenvalue weighted by atomic mass is 10.0. The molecule has 2 aromatic carbocycles. The van der Waals surface area contributed by atoms with Crippen LogP contribution in [0.2, 0.25) is 0 Å². The number of thiazole rings is 1. The van der Waals surface area contributed by atoms with Crippen LogP contribution in [-0.2, 0) is 14.3 Å². The summed E-state index contributed by atoms with van der Waals surface area (Å²) in [6.07, 6.45) is 0. The molecule has 0 spiro atoms. The molecule has 0 bridgehead atoms. The summed E-state index contributed by atoms with van der Waals surface area (Å²) >= 11 is 1.29. The Morgan fingerprint density at radius 2 is 1.84 bits per heavy atom. The van der Waals surface area contributed by atoms with Gasteiger partial charge in [0.05, 0.1) is 17.3 Å². The lowest BCUT2D eigenvalue weighted by Gasteiger charge is -2.20. The minimum Gasteiger partial charge on any atom is -0.497 e. The minimum atomic E-state index is -0.879. The van der Waals surface area contributed by atoms with E-state index in [0.717, 1.165) is 10.2 Å². The molecule has 1 heterocycles. The van der Waals surface area contributed by atoms with Crippen molar-refractivity contribution < 1.29 is 23.9 Å². The summed E-state index contributed by atoms with van der Waals surface area (Å²) in [7, 11) is 1.58. The van der Waals surface area contributed by atoms with Gasteiger partial charge in [0.25, 0.3) is 11.8 Å². The first-order valence-electron chi connectivity index (χ1n) is 9.64. The van der Waals surface area contributed by atoms with Crippen molar-refractivity contribution in [3.8, 4) is 5.75 Å². The molecule has 0 unspecified atom stereocenters. The summed E-state index contributed by atoms with van der Waals surface area (Å²) in [4.78, 5) is 41.4. The Morgan fingerprint density at radius 3 is 2.52 bits per heavy atom. The molecule has 162 valence electrons. The van der Waals surface area contributed by atoms with Gasteiger partial charge in [-0.2, -0.15) is 0 Å². The van der Waals surface area contributed by atoms with Crippen LogP contribution in [0.4, 0.5) is 5.13 Å². The van der Waals surface area contributed by atoms with Gasteiger partial charge in [0.15, 0.2) is 11.7 Å². The van der Waals surface area contributed by atoms with Crippen molar-refractivity contribution in [2.24, 2.45) is 5.92 Å². The largest absolute Gasteiger partial charge is 0.497 e. The Kier molecular flexibility index (Phi) is 7.19. The number of methoxy groups -OCH3 is 1. The highest BCUT2D eigenvalue weighted by molar-refractivity contribution is 7.22. The van der Waals surface area contributed by atoms with E-state index in [1.807, 2.05) is 6.07 Å². The number of aromatic nitrogens is 1. The molecule has 2 N–H and O–H groups in total. The van der Waals surface area contributed by atoms with Gasteiger partial charge in [-0.05, 0) is 36.2 Å². The zero-order valence-corrected chi connectivity index (χ0v) is 18.2. The summed E-state index contributed by atoms with van der Waals surface area (Å²) in [5, 5.41) is 5.68. The molecule has 8 nitrogen and oxygen atoms in total. The normalized spacial score (nSPS) is 11.7. The number of anilines is 1. The van der Waals surface area contributed by atoms with Crippen LogP contribution in [0.1, 0.15) is 24.2 Å². The third-order valence-electron chi connectivity index (χ3n) is 4.43. The van der Waals surface area contributed by atoms with E-state index in [4.69, 9.17) is 9.47 Å². The van der Waals surface area contributed by atoms with Gasteiger partial charge in [0.1, 0.15) is 11.8 Å². The van der Waals surface area contributed by atoms with Crippen molar-refractivity contribution >= 4 is 44.5 Å². The number of carbonyl (C=O) groups is 3. The van der Waals surface area contributed by atoms with Crippen LogP contribution in [0.25, 0.3) is 10.2 Å². The maximum absolute atomic E-state index is 12.5. The molecular weight excluding hydrogens is 418 g/mol. The van der Waals surface area contributed by atoms with Crippen molar-refractivity contribution in [3.05, 3.63) is 54.1 Å². The first kappa shape index (κ1) is 22.2. The fourth-order valence-corrected chi connectivity index (χ4v) is 3.69. The first-order valence-corrected chi connectivity index (χ1v) is 10.5. The molecular formula is C22H23N3O5S. The monoisotopic (exact) mass is 441 g/mol. The lowest BCUT2D eigenvalue weighted by Crippen LogP contribution is -2.45. The number of hydrogen-bond donors (Lipinski definition) is 2. The van der Waals surface area contributed by atoms with E-state index in [2.05, 4.69) is 15.6 Å². The van der Waals surface area contributed by atoms with E-state index in [-0.39, 0.29) is 11.8 Å². The van der Waals surface area contributed by atoms with E-state index >= 15 is 0 Å². The molecule has 3 rings (SSSR count). The fourth-order valence-electron chi connectivity index (χ4n) is 2.78. The van der Waals surface area contributed by atoms with Crippen LogP contribution in [0, 0.1) is 5.92 Å². The fraction of sp³-hybridized carbons (Fsp3) is 0.273. The standard InChI is InChI=1S/C22H23N3O5S/c1-13(2)19(25-20(27)14-7-5-4-6-8-14)21(28)30-12-18(26)24-22-23-16-10-9-15(29-3)11-17(16)31-22/h4-11,13,19H,12H2,1-3H3,(H,25,27)(H,23,24,26)/t19-/m0/s1. The first-order chi connectivity index (χ1) is 14.9. The average Bonchev–Trinajstić information content (AvgIpc) is 3.17. The predicted molar refractivity (Wildman–Crippen MR) is 118 cm³/mol. The highest BCUT2D eigenvalue weighted by Gasteiger charge is 2.26. The van der Waals surface area contributed by atoms with Crippen LogP contribution in [0.3, 0.4) is 0 Å². The second kappa shape index (κ2) is 10.0. The summed E-state index contributed by atoms with van der Waals surface area (Å²) in [5.74, 6) is -1.10. The number of nitrogens with one attached hydrogen (secondary N) is 2. The number of hydrogen-bond acceptors (Lipinski definition) is 7. The van der Waals surface area contributed by atoms with Gasteiger partial charge in [0.2, 0.25) is 0 Å². The van der Waals surface area contributed by atoms with Crippen molar-refractivity contribution in [2.75, 3.05) is 19.0 Å². The summed E-state index contributed by atoms with van der Waals surface area (Å²) < 4.78 is 11.2. The van der Waals surface area contributed by atoms with E-state index < -0.39 is 24.5 Å². The molecule has 0 aliphatic carbocycles. The molecule has 0 radical (unpaired) electrons. The number of benzene rings is 2. The second-order valence-corrected chi connectivity index (χ2v) is 8.10. The van der Waals surface area contributed by atoms with Gasteiger partial charge >= 0.3 is 5.97 Å². The number of ether oxygens (including phenoxy) is 2. The second-order valence-electron chi connectivity index (χ2n) is 7.07. The molecule has 1 aromatic heterocycles. The molecule has 0 saturated carbocycles. The van der Waals surface area contributed by atoms with Crippen molar-refractivity contribution in [2.45, 2.75) is 19.9 Å². The Morgan fingerprint density at radius 1 is 1.10 bits per heavy atom. The number of carbonyl (C=O) groups excluding carboxylic acids is 3. The minimum absolute atomic E-state index is 0.220. The zero-order valence-electron chi connectivity index (χ0n) is 17.4.